The van der Waals surface area contributed by atoms with E-state index in [9.17, 15) is 4.79 Å². The highest BCUT2D eigenvalue weighted by Gasteiger charge is 2.06. The van der Waals surface area contributed by atoms with Gasteiger partial charge in [-0.05, 0) is 36.4 Å². The zero-order chi connectivity index (χ0) is 19.1. The lowest BCUT2D eigenvalue weighted by Gasteiger charge is -2.08. The third-order valence-corrected chi connectivity index (χ3v) is 4.27. The molecule has 2 aromatic carbocycles. The molecule has 7 nitrogen and oxygen atoms in total. The van der Waals surface area contributed by atoms with Gasteiger partial charge in [-0.15, -0.1) is 0 Å². The molecule has 0 saturated heterocycles. The van der Waals surface area contributed by atoms with E-state index in [0.29, 0.717) is 40.4 Å². The van der Waals surface area contributed by atoms with Crippen LogP contribution in [0.2, 0.25) is 0 Å². The number of nitrogens with one attached hydrogen (secondary N) is 1. The maximum absolute atomic E-state index is 12.1. The van der Waals surface area contributed by atoms with Gasteiger partial charge in [0, 0.05) is 23.9 Å². The van der Waals surface area contributed by atoms with Crippen molar-refractivity contribution in [2.45, 2.75) is 11.6 Å². The first kappa shape index (κ1) is 18.5. The molecule has 0 bridgehead atoms. The van der Waals surface area contributed by atoms with Crippen LogP contribution < -0.4 is 21.5 Å². The standard InChI is InChI=1S/C19H19N5O2S/c20-16-12-17(21)24-19(23-16)27-11-10-18(25)22-13-6-8-15(9-7-13)26-14-4-2-1-3-5-14/h1-9,12H,10-11H2,(H,22,25)(H4,20,21,23,24). The summed E-state index contributed by atoms with van der Waals surface area (Å²) in [5.41, 5.74) is 11.9. The van der Waals surface area contributed by atoms with E-state index in [2.05, 4.69) is 15.3 Å². The van der Waals surface area contributed by atoms with Gasteiger partial charge in [-0.3, -0.25) is 4.79 Å². The smallest absolute Gasteiger partial charge is 0.225 e. The largest absolute Gasteiger partial charge is 0.457 e. The molecule has 1 heterocycles. The number of nitrogen functional groups attached to an aromatic ring is 2. The normalized spacial score (nSPS) is 10.4. The maximum atomic E-state index is 12.1. The van der Waals surface area contributed by atoms with E-state index in [1.54, 1.807) is 24.3 Å². The number of hydrogen-bond donors (Lipinski definition) is 3. The third-order valence-electron chi connectivity index (χ3n) is 3.42. The lowest BCUT2D eigenvalue weighted by Crippen LogP contribution is -2.12. The van der Waals surface area contributed by atoms with E-state index in [-0.39, 0.29) is 5.91 Å². The maximum Gasteiger partial charge on any atom is 0.225 e. The van der Waals surface area contributed by atoms with Crippen LogP contribution in [-0.2, 0) is 4.79 Å². The molecule has 0 aliphatic heterocycles. The van der Waals surface area contributed by atoms with Crippen LogP contribution >= 0.6 is 11.8 Å². The fourth-order valence-electron chi connectivity index (χ4n) is 2.22. The summed E-state index contributed by atoms with van der Waals surface area (Å²) in [6, 6.07) is 18.2. The Balaban J connectivity index is 1.46. The summed E-state index contributed by atoms with van der Waals surface area (Å²) in [6.45, 7) is 0. The minimum atomic E-state index is -0.101. The van der Waals surface area contributed by atoms with Crippen LogP contribution in [0.3, 0.4) is 0 Å². The van der Waals surface area contributed by atoms with Crippen LogP contribution in [0.4, 0.5) is 17.3 Å². The van der Waals surface area contributed by atoms with Crippen molar-refractivity contribution in [2.24, 2.45) is 0 Å². The van der Waals surface area contributed by atoms with Crippen LogP contribution in [0.5, 0.6) is 11.5 Å². The summed E-state index contributed by atoms with van der Waals surface area (Å²) >= 11 is 1.33. The first-order chi connectivity index (χ1) is 13.1. The van der Waals surface area contributed by atoms with Crippen molar-refractivity contribution in [1.82, 2.24) is 9.97 Å². The number of rotatable bonds is 7. The highest BCUT2D eigenvalue weighted by molar-refractivity contribution is 7.99. The molecule has 0 fully saturated rings. The summed E-state index contributed by atoms with van der Waals surface area (Å²) in [5, 5.41) is 3.30. The number of para-hydroxylation sites is 1. The average molecular weight is 381 g/mol. The monoisotopic (exact) mass is 381 g/mol. The Morgan fingerprint density at radius 3 is 2.26 bits per heavy atom. The summed E-state index contributed by atoms with van der Waals surface area (Å²) < 4.78 is 5.72. The SMILES string of the molecule is Nc1cc(N)nc(SCCC(=O)Nc2ccc(Oc3ccccc3)cc2)n1. The van der Waals surface area contributed by atoms with Gasteiger partial charge in [0.2, 0.25) is 5.91 Å². The van der Waals surface area contributed by atoms with E-state index in [1.165, 1.54) is 17.8 Å². The molecule has 0 aliphatic carbocycles. The van der Waals surface area contributed by atoms with E-state index >= 15 is 0 Å². The van der Waals surface area contributed by atoms with Crippen LogP contribution in [0.15, 0.2) is 65.8 Å². The molecule has 3 aromatic rings. The molecule has 0 unspecified atom stereocenters. The van der Waals surface area contributed by atoms with Crippen molar-refractivity contribution in [2.75, 3.05) is 22.5 Å². The fourth-order valence-corrected chi connectivity index (χ4v) is 3.03. The number of benzene rings is 2. The molecule has 0 spiro atoms. The average Bonchev–Trinajstić information content (AvgIpc) is 2.63. The van der Waals surface area contributed by atoms with Crippen molar-refractivity contribution >= 4 is 35.0 Å². The molecule has 1 amide bonds. The van der Waals surface area contributed by atoms with Gasteiger partial charge in [-0.25, -0.2) is 9.97 Å². The Morgan fingerprint density at radius 1 is 0.963 bits per heavy atom. The number of anilines is 3. The van der Waals surface area contributed by atoms with Crippen molar-refractivity contribution < 1.29 is 9.53 Å². The van der Waals surface area contributed by atoms with Gasteiger partial charge in [0.1, 0.15) is 23.1 Å². The molecular weight excluding hydrogens is 362 g/mol. The highest BCUT2D eigenvalue weighted by atomic mass is 32.2. The molecule has 8 heteroatoms. The minimum absolute atomic E-state index is 0.101. The second-order valence-corrected chi connectivity index (χ2v) is 6.65. The van der Waals surface area contributed by atoms with Gasteiger partial charge in [-0.1, -0.05) is 30.0 Å². The number of nitrogens with zero attached hydrogens (tertiary/aromatic N) is 2. The number of aromatic nitrogens is 2. The topological polar surface area (TPSA) is 116 Å². The summed E-state index contributed by atoms with van der Waals surface area (Å²) in [4.78, 5) is 20.2. The number of ether oxygens (including phenoxy) is 1. The van der Waals surface area contributed by atoms with Crippen molar-refractivity contribution in [3.63, 3.8) is 0 Å². The molecule has 0 saturated carbocycles. The van der Waals surface area contributed by atoms with E-state index in [4.69, 9.17) is 16.2 Å². The second-order valence-electron chi connectivity index (χ2n) is 5.59. The molecular formula is C19H19N5O2S. The van der Waals surface area contributed by atoms with E-state index in [1.807, 2.05) is 30.3 Å². The second kappa shape index (κ2) is 8.91. The van der Waals surface area contributed by atoms with Gasteiger partial charge < -0.3 is 21.5 Å². The molecule has 27 heavy (non-hydrogen) atoms. The quantitative estimate of drug-likeness (QED) is 0.423. The number of amides is 1. The Labute approximate surface area is 161 Å². The molecule has 0 aliphatic rings. The van der Waals surface area contributed by atoms with Gasteiger partial charge >= 0.3 is 0 Å². The molecule has 138 valence electrons. The lowest BCUT2D eigenvalue weighted by molar-refractivity contribution is -0.115. The predicted octanol–water partition coefficient (Wildman–Crippen LogP) is 3.55. The first-order valence-corrected chi connectivity index (χ1v) is 9.23. The third kappa shape index (κ3) is 5.89. The van der Waals surface area contributed by atoms with Crippen LogP contribution in [0.1, 0.15) is 6.42 Å². The highest BCUT2D eigenvalue weighted by Crippen LogP contribution is 2.23. The fraction of sp³-hybridized carbons (Fsp3) is 0.105. The number of carbonyl (C=O) groups excluding carboxylic acids is 1. The Morgan fingerprint density at radius 2 is 1.59 bits per heavy atom. The first-order valence-electron chi connectivity index (χ1n) is 8.24. The van der Waals surface area contributed by atoms with Crippen LogP contribution in [0, 0.1) is 0 Å². The Kier molecular flexibility index (Phi) is 6.11. The van der Waals surface area contributed by atoms with Crippen molar-refractivity contribution in [1.29, 1.82) is 0 Å². The van der Waals surface area contributed by atoms with Crippen LogP contribution in [0.25, 0.3) is 0 Å². The van der Waals surface area contributed by atoms with Gasteiger partial charge in [0.25, 0.3) is 0 Å². The number of carbonyl (C=O) groups is 1. The van der Waals surface area contributed by atoms with Gasteiger partial charge in [0.15, 0.2) is 5.16 Å². The number of nitrogens with two attached hydrogens (primary N) is 2. The minimum Gasteiger partial charge on any atom is -0.457 e. The predicted molar refractivity (Wildman–Crippen MR) is 108 cm³/mol. The zero-order valence-electron chi connectivity index (χ0n) is 14.5. The summed E-state index contributed by atoms with van der Waals surface area (Å²) in [6.07, 6.45) is 0.311. The lowest BCUT2D eigenvalue weighted by atomic mass is 10.3. The Hall–Kier alpha value is -3.26. The van der Waals surface area contributed by atoms with Gasteiger partial charge in [-0.2, -0.15) is 0 Å². The van der Waals surface area contributed by atoms with Crippen molar-refractivity contribution in [3.8, 4) is 11.5 Å². The summed E-state index contributed by atoms with van der Waals surface area (Å²) in [7, 11) is 0. The van der Waals surface area contributed by atoms with E-state index in [0.717, 1.165) is 5.75 Å². The molecule has 3 rings (SSSR count). The zero-order valence-corrected chi connectivity index (χ0v) is 15.3. The molecule has 1 aromatic heterocycles. The molecule has 0 atom stereocenters. The van der Waals surface area contributed by atoms with Crippen molar-refractivity contribution in [3.05, 3.63) is 60.7 Å². The van der Waals surface area contributed by atoms with Crippen LogP contribution in [-0.4, -0.2) is 21.6 Å². The number of thioether (sulfide) groups is 1. The number of hydrogen-bond acceptors (Lipinski definition) is 7. The van der Waals surface area contributed by atoms with Gasteiger partial charge in [0.05, 0.1) is 0 Å². The summed E-state index contributed by atoms with van der Waals surface area (Å²) in [5.74, 6) is 2.50. The van der Waals surface area contributed by atoms with E-state index < -0.39 is 0 Å². The molecule has 0 radical (unpaired) electrons. The Bertz CT molecular complexity index is 883. The molecule has 5 N–H and O–H groups in total.